The summed E-state index contributed by atoms with van der Waals surface area (Å²) in [7, 11) is 1.65. The van der Waals surface area contributed by atoms with Crippen LogP contribution in [0.2, 0.25) is 0 Å². The van der Waals surface area contributed by atoms with E-state index in [1.54, 1.807) is 69.7 Å². The number of hydrogen-bond acceptors (Lipinski definition) is 6. The van der Waals surface area contributed by atoms with E-state index >= 15 is 0 Å². The van der Waals surface area contributed by atoms with Gasteiger partial charge in [0.15, 0.2) is 0 Å². The lowest BCUT2D eigenvalue weighted by molar-refractivity contribution is 0.101. The molecular weight excluding hydrogens is 430 g/mol. The number of rotatable bonds is 5. The number of benzene rings is 2. The number of carbonyl (C=O) groups is 2. The van der Waals surface area contributed by atoms with Crippen LogP contribution >= 0.6 is 0 Å². The summed E-state index contributed by atoms with van der Waals surface area (Å²) in [5.74, 6) is -0.668. The molecule has 4 rings (SSSR count). The van der Waals surface area contributed by atoms with Crippen molar-refractivity contribution in [2.24, 2.45) is 7.05 Å². The number of nitrogens with one attached hydrogen (secondary N) is 2. The van der Waals surface area contributed by atoms with Crippen molar-refractivity contribution in [2.45, 2.75) is 26.2 Å². The maximum absolute atomic E-state index is 12.9. The minimum atomic E-state index is -0.814. The maximum Gasteiger partial charge on any atom is 0.273 e. The van der Waals surface area contributed by atoms with Crippen molar-refractivity contribution in [2.75, 3.05) is 10.6 Å². The van der Waals surface area contributed by atoms with E-state index in [0.717, 1.165) is 5.56 Å². The van der Waals surface area contributed by atoms with Gasteiger partial charge in [-0.25, -0.2) is 0 Å². The van der Waals surface area contributed by atoms with Crippen LogP contribution in [-0.2, 0) is 12.5 Å². The first-order valence-electron chi connectivity index (χ1n) is 10.6. The average Bonchev–Trinajstić information content (AvgIpc) is 3.23. The van der Waals surface area contributed by atoms with Gasteiger partial charge in [-0.05, 0) is 62.7 Å². The molecule has 0 aliphatic carbocycles. The lowest BCUT2D eigenvalue weighted by atomic mass is 9.91. The van der Waals surface area contributed by atoms with Crippen LogP contribution in [0, 0.1) is 18.3 Å². The molecule has 2 N–H and O–H groups in total. The van der Waals surface area contributed by atoms with Crippen molar-refractivity contribution in [1.29, 1.82) is 5.26 Å². The van der Waals surface area contributed by atoms with Crippen molar-refractivity contribution in [1.82, 2.24) is 19.7 Å². The Bertz CT molecular complexity index is 1460. The predicted octanol–water partition coefficient (Wildman–Crippen LogP) is 3.98. The van der Waals surface area contributed by atoms with Crippen LogP contribution in [0.15, 0.2) is 54.9 Å². The second-order valence-electron chi connectivity index (χ2n) is 8.47. The van der Waals surface area contributed by atoms with Crippen LogP contribution in [0.3, 0.4) is 0 Å². The van der Waals surface area contributed by atoms with Gasteiger partial charge in [0, 0.05) is 36.4 Å². The Morgan fingerprint density at radius 1 is 0.971 bits per heavy atom. The van der Waals surface area contributed by atoms with E-state index in [0.29, 0.717) is 39.4 Å². The topological polar surface area (TPSA) is 126 Å². The van der Waals surface area contributed by atoms with Gasteiger partial charge in [-0.3, -0.25) is 24.2 Å². The standard InChI is InChI=1S/C25H23N7O2/c1-15-5-7-17(29-24(34)21-13-22(31-32(21)4)25(2,3)14-26)12-19(15)30-23(33)16-6-8-18-20(11-16)28-10-9-27-18/h5-13H,1-4H3,(H,29,34)(H,30,33). The molecule has 2 aromatic heterocycles. The number of nitriles is 1. The molecule has 0 bridgehead atoms. The molecule has 2 amide bonds. The molecule has 0 saturated heterocycles. The summed E-state index contributed by atoms with van der Waals surface area (Å²) in [4.78, 5) is 34.2. The minimum Gasteiger partial charge on any atom is -0.322 e. The normalized spacial score (nSPS) is 11.1. The third-order valence-corrected chi connectivity index (χ3v) is 5.51. The quantitative estimate of drug-likeness (QED) is 0.471. The summed E-state index contributed by atoms with van der Waals surface area (Å²) < 4.78 is 1.45. The van der Waals surface area contributed by atoms with Crippen molar-refractivity contribution >= 4 is 34.2 Å². The van der Waals surface area contributed by atoms with Crippen LogP contribution in [-0.4, -0.2) is 31.6 Å². The van der Waals surface area contributed by atoms with Crippen LogP contribution in [0.25, 0.3) is 11.0 Å². The Labute approximate surface area is 196 Å². The van der Waals surface area contributed by atoms with E-state index in [4.69, 9.17) is 0 Å². The van der Waals surface area contributed by atoms with E-state index in [9.17, 15) is 14.9 Å². The summed E-state index contributed by atoms with van der Waals surface area (Å²) in [6.07, 6.45) is 3.18. The predicted molar refractivity (Wildman–Crippen MR) is 128 cm³/mol. The van der Waals surface area contributed by atoms with Crippen LogP contribution < -0.4 is 10.6 Å². The van der Waals surface area contributed by atoms with E-state index in [1.165, 1.54) is 4.68 Å². The Hall–Kier alpha value is -4.58. The SMILES string of the molecule is Cc1ccc(NC(=O)c2cc(C(C)(C)C#N)nn2C)cc1NC(=O)c1ccc2nccnc2c1. The smallest absolute Gasteiger partial charge is 0.273 e. The molecule has 0 unspecified atom stereocenters. The number of nitrogens with zero attached hydrogens (tertiary/aromatic N) is 5. The highest BCUT2D eigenvalue weighted by molar-refractivity contribution is 6.07. The Morgan fingerprint density at radius 3 is 2.44 bits per heavy atom. The second-order valence-corrected chi connectivity index (χ2v) is 8.47. The van der Waals surface area contributed by atoms with Gasteiger partial charge in [0.25, 0.3) is 11.8 Å². The monoisotopic (exact) mass is 453 g/mol. The third-order valence-electron chi connectivity index (χ3n) is 5.51. The molecule has 170 valence electrons. The van der Waals surface area contributed by atoms with E-state index < -0.39 is 5.41 Å². The lowest BCUT2D eigenvalue weighted by Gasteiger charge is -2.12. The summed E-state index contributed by atoms with van der Waals surface area (Å²) in [6, 6.07) is 14.2. The number of aryl methyl sites for hydroxylation is 2. The summed E-state index contributed by atoms with van der Waals surface area (Å²) >= 11 is 0. The van der Waals surface area contributed by atoms with Gasteiger partial charge in [0.1, 0.15) is 5.69 Å². The maximum atomic E-state index is 12.9. The van der Waals surface area contributed by atoms with E-state index in [1.807, 2.05) is 13.0 Å². The number of aromatic nitrogens is 4. The van der Waals surface area contributed by atoms with Gasteiger partial charge < -0.3 is 10.6 Å². The summed E-state index contributed by atoms with van der Waals surface area (Å²) in [6.45, 7) is 5.35. The molecule has 0 aliphatic heterocycles. The minimum absolute atomic E-state index is 0.297. The molecule has 2 aromatic carbocycles. The fraction of sp³-hybridized carbons (Fsp3) is 0.200. The van der Waals surface area contributed by atoms with Crippen molar-refractivity contribution in [3.63, 3.8) is 0 Å². The molecule has 0 aliphatic rings. The molecule has 4 aromatic rings. The highest BCUT2D eigenvalue weighted by atomic mass is 16.2. The second kappa shape index (κ2) is 8.75. The molecule has 0 spiro atoms. The van der Waals surface area contributed by atoms with Crippen molar-refractivity contribution < 1.29 is 9.59 Å². The number of hydrogen-bond donors (Lipinski definition) is 2. The first-order chi connectivity index (χ1) is 16.2. The molecule has 0 atom stereocenters. The molecular formula is C25H23N7O2. The fourth-order valence-corrected chi connectivity index (χ4v) is 3.37. The first kappa shape index (κ1) is 22.6. The highest BCUT2D eigenvalue weighted by Crippen LogP contribution is 2.24. The molecule has 9 heteroatoms. The first-order valence-corrected chi connectivity index (χ1v) is 10.6. The Kier molecular flexibility index (Phi) is 5.82. The van der Waals surface area contributed by atoms with E-state index in [-0.39, 0.29) is 11.8 Å². The van der Waals surface area contributed by atoms with Gasteiger partial charge in [-0.2, -0.15) is 10.4 Å². The van der Waals surface area contributed by atoms with Crippen LogP contribution in [0.5, 0.6) is 0 Å². The van der Waals surface area contributed by atoms with Gasteiger partial charge >= 0.3 is 0 Å². The van der Waals surface area contributed by atoms with Crippen molar-refractivity contribution in [3.05, 3.63) is 77.4 Å². The van der Waals surface area contributed by atoms with Gasteiger partial charge in [-0.1, -0.05) is 6.07 Å². The lowest BCUT2D eigenvalue weighted by Crippen LogP contribution is -2.17. The zero-order valence-corrected chi connectivity index (χ0v) is 19.2. The van der Waals surface area contributed by atoms with Crippen LogP contribution in [0.1, 0.15) is 46.0 Å². The molecule has 2 heterocycles. The number of anilines is 2. The summed E-state index contributed by atoms with van der Waals surface area (Å²) in [5, 5.41) is 19.4. The fourth-order valence-electron chi connectivity index (χ4n) is 3.37. The van der Waals surface area contributed by atoms with Gasteiger partial charge in [0.05, 0.1) is 28.2 Å². The molecule has 0 saturated carbocycles. The van der Waals surface area contributed by atoms with E-state index in [2.05, 4.69) is 31.8 Å². The number of carbonyl (C=O) groups excluding carboxylic acids is 2. The largest absolute Gasteiger partial charge is 0.322 e. The van der Waals surface area contributed by atoms with Crippen molar-refractivity contribution in [3.8, 4) is 6.07 Å². The van der Waals surface area contributed by atoms with Gasteiger partial charge in [0.2, 0.25) is 0 Å². The highest BCUT2D eigenvalue weighted by Gasteiger charge is 2.26. The van der Waals surface area contributed by atoms with Gasteiger partial charge in [-0.15, -0.1) is 0 Å². The number of fused-ring (bicyclic) bond motifs is 1. The zero-order chi connectivity index (χ0) is 24.5. The Morgan fingerprint density at radius 2 is 1.71 bits per heavy atom. The third kappa shape index (κ3) is 4.47. The summed E-state index contributed by atoms with van der Waals surface area (Å²) in [5.41, 5.74) is 3.72. The molecule has 0 fully saturated rings. The average molecular weight is 454 g/mol. The zero-order valence-electron chi connectivity index (χ0n) is 19.2. The Balaban J connectivity index is 1.53. The number of amides is 2. The molecule has 9 nitrogen and oxygen atoms in total. The molecule has 0 radical (unpaired) electrons. The van der Waals surface area contributed by atoms with Crippen LogP contribution in [0.4, 0.5) is 11.4 Å². The molecule has 34 heavy (non-hydrogen) atoms.